The van der Waals surface area contributed by atoms with E-state index in [1.54, 1.807) is 6.07 Å². The minimum absolute atomic E-state index is 0.271. The van der Waals surface area contributed by atoms with E-state index < -0.39 is 0 Å². The van der Waals surface area contributed by atoms with Crippen molar-refractivity contribution in [1.82, 2.24) is 4.90 Å². The lowest BCUT2D eigenvalue weighted by Gasteiger charge is -2.45. The minimum Gasteiger partial charge on any atom is -0.342 e. The quantitative estimate of drug-likeness (QED) is 0.791. The molecule has 0 unspecified atom stereocenters. The fraction of sp³-hybridized carbons (Fsp3) is 0.562. The Labute approximate surface area is 130 Å². The first-order valence-corrected chi connectivity index (χ1v) is 8.14. The first-order valence-electron chi connectivity index (χ1n) is 7.38. The number of halogens is 2. The molecule has 1 aliphatic carbocycles. The summed E-state index contributed by atoms with van der Waals surface area (Å²) < 4.78 is 0. The predicted octanol–water partition coefficient (Wildman–Crippen LogP) is 4.43. The zero-order valence-corrected chi connectivity index (χ0v) is 13.0. The first kappa shape index (κ1) is 14.2. The van der Waals surface area contributed by atoms with Crippen molar-refractivity contribution in [2.75, 3.05) is 13.1 Å². The summed E-state index contributed by atoms with van der Waals surface area (Å²) in [6.45, 7) is 1.79. The zero-order valence-electron chi connectivity index (χ0n) is 11.5. The van der Waals surface area contributed by atoms with E-state index in [1.165, 1.54) is 6.42 Å². The van der Waals surface area contributed by atoms with Crippen molar-refractivity contribution < 1.29 is 4.79 Å². The van der Waals surface area contributed by atoms with Crippen LogP contribution in [0.15, 0.2) is 18.2 Å². The summed E-state index contributed by atoms with van der Waals surface area (Å²) in [6, 6.07) is 5.53. The molecular formula is C16H19Cl2NO. The second-order valence-corrected chi connectivity index (χ2v) is 6.76. The molecule has 20 heavy (non-hydrogen) atoms. The molecule has 0 N–H and O–H groups in total. The lowest BCUT2D eigenvalue weighted by molar-refractivity contribution is -0.141. The lowest BCUT2D eigenvalue weighted by Crippen LogP contribution is -2.52. The lowest BCUT2D eigenvalue weighted by atomic mass is 9.63. The maximum absolute atomic E-state index is 13.0. The summed E-state index contributed by atoms with van der Waals surface area (Å²) in [5.41, 5.74) is 0.573. The Kier molecular flexibility index (Phi) is 3.96. The van der Waals surface area contributed by atoms with Crippen LogP contribution in [0.2, 0.25) is 10.0 Å². The molecule has 108 valence electrons. The SMILES string of the molecule is O=C(N1CCCCC1)C1(c2ccc(Cl)cc2Cl)CCC1. The zero-order chi connectivity index (χ0) is 14.2. The van der Waals surface area contributed by atoms with E-state index >= 15 is 0 Å². The average molecular weight is 312 g/mol. The van der Waals surface area contributed by atoms with Gasteiger partial charge in [0.15, 0.2) is 0 Å². The van der Waals surface area contributed by atoms with Crippen LogP contribution in [0.4, 0.5) is 0 Å². The molecule has 1 heterocycles. The molecule has 3 rings (SSSR count). The Hall–Kier alpha value is -0.730. The third-order valence-electron chi connectivity index (χ3n) is 4.71. The van der Waals surface area contributed by atoms with Crippen molar-refractivity contribution in [1.29, 1.82) is 0 Å². The summed E-state index contributed by atoms with van der Waals surface area (Å²) in [5, 5.41) is 1.25. The van der Waals surface area contributed by atoms with Crippen LogP contribution in [0.5, 0.6) is 0 Å². The number of likely N-dealkylation sites (tertiary alicyclic amines) is 1. The second-order valence-electron chi connectivity index (χ2n) is 5.91. The maximum atomic E-state index is 13.0. The van der Waals surface area contributed by atoms with E-state index in [4.69, 9.17) is 23.2 Å². The molecule has 0 radical (unpaired) electrons. The molecule has 0 atom stereocenters. The highest BCUT2D eigenvalue weighted by Gasteiger charge is 2.48. The second kappa shape index (κ2) is 5.57. The van der Waals surface area contributed by atoms with Crippen molar-refractivity contribution in [3.63, 3.8) is 0 Å². The molecule has 1 aromatic rings. The number of hydrogen-bond donors (Lipinski definition) is 0. The summed E-state index contributed by atoms with van der Waals surface area (Å²) >= 11 is 12.3. The molecule has 1 aromatic carbocycles. The van der Waals surface area contributed by atoms with Gasteiger partial charge >= 0.3 is 0 Å². The van der Waals surface area contributed by atoms with Gasteiger partial charge in [0.2, 0.25) is 5.91 Å². The number of nitrogens with zero attached hydrogens (tertiary/aromatic N) is 1. The third kappa shape index (κ3) is 2.33. The molecule has 1 saturated carbocycles. The van der Waals surface area contributed by atoms with Crippen molar-refractivity contribution in [2.24, 2.45) is 0 Å². The number of rotatable bonds is 2. The van der Waals surface area contributed by atoms with Crippen molar-refractivity contribution >= 4 is 29.1 Å². The van der Waals surface area contributed by atoms with Crippen LogP contribution in [-0.2, 0) is 10.2 Å². The molecule has 2 fully saturated rings. The van der Waals surface area contributed by atoms with Crippen molar-refractivity contribution in [2.45, 2.75) is 43.9 Å². The molecule has 1 aliphatic heterocycles. The van der Waals surface area contributed by atoms with Gasteiger partial charge in [0, 0.05) is 23.1 Å². The topological polar surface area (TPSA) is 20.3 Å². The Morgan fingerprint density at radius 2 is 1.75 bits per heavy atom. The van der Waals surface area contributed by atoms with Crippen LogP contribution in [-0.4, -0.2) is 23.9 Å². The number of hydrogen-bond acceptors (Lipinski definition) is 1. The van der Waals surface area contributed by atoms with E-state index in [0.29, 0.717) is 10.0 Å². The van der Waals surface area contributed by atoms with Gasteiger partial charge in [0.1, 0.15) is 0 Å². The fourth-order valence-corrected chi connectivity index (χ4v) is 4.00. The van der Waals surface area contributed by atoms with Gasteiger partial charge in [-0.05, 0) is 49.8 Å². The molecule has 0 bridgehead atoms. The third-order valence-corrected chi connectivity index (χ3v) is 5.25. The molecule has 1 saturated heterocycles. The van der Waals surface area contributed by atoms with Gasteiger partial charge in [-0.1, -0.05) is 35.7 Å². The Morgan fingerprint density at radius 3 is 2.30 bits per heavy atom. The van der Waals surface area contributed by atoms with Gasteiger partial charge in [0.05, 0.1) is 5.41 Å². The Bertz CT molecular complexity index is 519. The van der Waals surface area contributed by atoms with E-state index in [2.05, 4.69) is 0 Å². The van der Waals surface area contributed by atoms with Crippen molar-refractivity contribution in [3.05, 3.63) is 33.8 Å². The highest BCUT2D eigenvalue weighted by molar-refractivity contribution is 6.35. The normalized spacial score (nSPS) is 21.4. The molecular weight excluding hydrogens is 293 g/mol. The number of carbonyl (C=O) groups excluding carboxylic acids is 1. The molecule has 4 heteroatoms. The van der Waals surface area contributed by atoms with E-state index in [-0.39, 0.29) is 11.3 Å². The van der Waals surface area contributed by atoms with Gasteiger partial charge in [-0.25, -0.2) is 0 Å². The van der Waals surface area contributed by atoms with Gasteiger partial charge < -0.3 is 4.90 Å². The van der Waals surface area contributed by atoms with Crippen LogP contribution in [0.25, 0.3) is 0 Å². The van der Waals surface area contributed by atoms with Crippen LogP contribution in [0.3, 0.4) is 0 Å². The first-order chi connectivity index (χ1) is 9.63. The highest BCUT2D eigenvalue weighted by atomic mass is 35.5. The summed E-state index contributed by atoms with van der Waals surface area (Å²) in [4.78, 5) is 15.0. The monoisotopic (exact) mass is 311 g/mol. The smallest absolute Gasteiger partial charge is 0.233 e. The highest BCUT2D eigenvalue weighted by Crippen LogP contribution is 2.48. The Balaban J connectivity index is 1.92. The summed E-state index contributed by atoms with van der Waals surface area (Å²) in [7, 11) is 0. The number of amides is 1. The minimum atomic E-state index is -0.390. The van der Waals surface area contributed by atoms with Crippen LogP contribution in [0.1, 0.15) is 44.1 Å². The van der Waals surface area contributed by atoms with E-state index in [0.717, 1.165) is 50.8 Å². The summed E-state index contributed by atoms with van der Waals surface area (Å²) in [5.74, 6) is 0.271. The van der Waals surface area contributed by atoms with Gasteiger partial charge in [-0.3, -0.25) is 4.79 Å². The largest absolute Gasteiger partial charge is 0.342 e. The molecule has 2 aliphatic rings. The number of carbonyl (C=O) groups is 1. The van der Waals surface area contributed by atoms with Crippen LogP contribution < -0.4 is 0 Å². The molecule has 1 amide bonds. The number of piperidine rings is 1. The Morgan fingerprint density at radius 1 is 1.05 bits per heavy atom. The van der Waals surface area contributed by atoms with Gasteiger partial charge in [-0.15, -0.1) is 0 Å². The van der Waals surface area contributed by atoms with Gasteiger partial charge in [-0.2, -0.15) is 0 Å². The van der Waals surface area contributed by atoms with Crippen LogP contribution >= 0.6 is 23.2 Å². The van der Waals surface area contributed by atoms with Crippen LogP contribution in [0, 0.1) is 0 Å². The standard InChI is InChI=1S/C16H19Cl2NO/c17-12-5-6-13(14(18)11-12)16(7-4-8-16)15(20)19-9-2-1-3-10-19/h5-6,11H,1-4,7-10H2. The maximum Gasteiger partial charge on any atom is 0.233 e. The fourth-order valence-electron chi connectivity index (χ4n) is 3.41. The number of benzene rings is 1. The summed E-state index contributed by atoms with van der Waals surface area (Å²) in [6.07, 6.45) is 6.39. The van der Waals surface area contributed by atoms with Crippen molar-refractivity contribution in [3.8, 4) is 0 Å². The molecule has 0 aromatic heterocycles. The predicted molar refractivity (Wildman–Crippen MR) is 82.4 cm³/mol. The molecule has 0 spiro atoms. The average Bonchev–Trinajstić information content (AvgIpc) is 2.40. The van der Waals surface area contributed by atoms with E-state index in [1.807, 2.05) is 17.0 Å². The van der Waals surface area contributed by atoms with Gasteiger partial charge in [0.25, 0.3) is 0 Å². The molecule has 2 nitrogen and oxygen atoms in total. The van der Waals surface area contributed by atoms with E-state index in [9.17, 15) is 4.79 Å².